The molecule has 0 aliphatic carbocycles. The third kappa shape index (κ3) is 5.59. The van der Waals surface area contributed by atoms with Crippen LogP contribution in [0.1, 0.15) is 12.5 Å². The van der Waals surface area contributed by atoms with Gasteiger partial charge in [-0.2, -0.15) is 11.3 Å². The molecule has 0 amide bonds. The molecule has 1 aromatic heterocycles. The first-order valence-corrected chi connectivity index (χ1v) is 4.96. The predicted molar refractivity (Wildman–Crippen MR) is 55.5 cm³/mol. The quantitative estimate of drug-likeness (QED) is 0.425. The van der Waals surface area contributed by atoms with E-state index in [4.69, 9.17) is 8.37 Å². The van der Waals surface area contributed by atoms with Crippen molar-refractivity contribution in [3.05, 3.63) is 22.4 Å². The van der Waals surface area contributed by atoms with E-state index in [0.29, 0.717) is 13.2 Å². The van der Waals surface area contributed by atoms with Gasteiger partial charge in [-0.1, -0.05) is 0 Å². The molecule has 0 aliphatic heterocycles. The molecular weight excluding hydrogens is 203 g/mol. The van der Waals surface area contributed by atoms with Crippen molar-refractivity contribution in [1.82, 2.24) is 0 Å². The monoisotopic (exact) mass is 214 g/mol. The van der Waals surface area contributed by atoms with Gasteiger partial charge >= 0.3 is 29.6 Å². The molecule has 64 valence electrons. The molecule has 0 aliphatic rings. The third-order valence-electron chi connectivity index (χ3n) is 1.02. The van der Waals surface area contributed by atoms with E-state index >= 15 is 0 Å². The van der Waals surface area contributed by atoms with Gasteiger partial charge in [0, 0.05) is 0 Å². The summed E-state index contributed by atoms with van der Waals surface area (Å²) in [5.74, 6) is 0. The molecule has 0 saturated carbocycles. The zero-order valence-electron chi connectivity index (χ0n) is 6.28. The van der Waals surface area contributed by atoms with Crippen molar-refractivity contribution in [2.75, 3.05) is 6.61 Å². The summed E-state index contributed by atoms with van der Waals surface area (Å²) in [4.78, 5) is 0. The zero-order chi connectivity index (χ0) is 7.94. The normalized spacial score (nSPS) is 9.42. The molecule has 1 rings (SSSR count). The Hall–Kier alpha value is 0.970. The molecule has 0 spiro atoms. The fourth-order valence-corrected chi connectivity index (χ4v) is 1.55. The van der Waals surface area contributed by atoms with Crippen molar-refractivity contribution in [1.29, 1.82) is 0 Å². The van der Waals surface area contributed by atoms with Gasteiger partial charge in [-0.3, -0.25) is 8.37 Å². The van der Waals surface area contributed by atoms with Gasteiger partial charge < -0.3 is 0 Å². The molecule has 1 heterocycles. The van der Waals surface area contributed by atoms with Gasteiger partial charge in [0.2, 0.25) is 0 Å². The maximum atomic E-state index is 5.12. The Morgan fingerprint density at radius 2 is 2.33 bits per heavy atom. The maximum absolute atomic E-state index is 5.12. The van der Waals surface area contributed by atoms with E-state index in [-0.39, 0.29) is 29.6 Å². The van der Waals surface area contributed by atoms with Crippen LogP contribution in [0.3, 0.4) is 0 Å². The number of rotatable bonds is 5. The van der Waals surface area contributed by atoms with Gasteiger partial charge in [0.25, 0.3) is 0 Å². The Kier molecular flexibility index (Phi) is 9.26. The summed E-state index contributed by atoms with van der Waals surface area (Å²) >= 11 is 2.73. The van der Waals surface area contributed by atoms with Crippen molar-refractivity contribution in [3.8, 4) is 0 Å². The Bertz CT molecular complexity index is 180. The Morgan fingerprint density at radius 3 is 2.92 bits per heavy atom. The summed E-state index contributed by atoms with van der Waals surface area (Å²) in [6.07, 6.45) is 0. The standard InChI is InChI=1S/C7H10O2S2.Na.H/c1-2-8-11-9-5-7-3-4-10-6-7;;/h3-4,6H,2,5H2,1H3;;. The van der Waals surface area contributed by atoms with Crippen LogP contribution in [-0.2, 0) is 15.0 Å². The summed E-state index contributed by atoms with van der Waals surface area (Å²) in [6, 6.07) is 2.04. The molecule has 12 heavy (non-hydrogen) atoms. The molecule has 0 fully saturated rings. The van der Waals surface area contributed by atoms with E-state index in [0.717, 1.165) is 12.3 Å². The van der Waals surface area contributed by atoms with Crippen molar-refractivity contribution in [3.63, 3.8) is 0 Å². The van der Waals surface area contributed by atoms with Gasteiger partial charge in [-0.15, -0.1) is 0 Å². The summed E-state index contributed by atoms with van der Waals surface area (Å²) < 4.78 is 10.0. The van der Waals surface area contributed by atoms with E-state index in [1.807, 2.05) is 18.4 Å². The molecule has 2 nitrogen and oxygen atoms in total. The molecule has 0 saturated heterocycles. The fourth-order valence-electron chi connectivity index (χ4n) is 0.549. The summed E-state index contributed by atoms with van der Waals surface area (Å²) in [5.41, 5.74) is 1.20. The first-order chi connectivity index (χ1) is 5.43. The van der Waals surface area contributed by atoms with Gasteiger partial charge in [0.05, 0.1) is 13.2 Å². The van der Waals surface area contributed by atoms with Crippen LogP contribution in [0, 0.1) is 0 Å². The van der Waals surface area contributed by atoms with Crippen LogP contribution in [0.25, 0.3) is 0 Å². The Labute approximate surface area is 103 Å². The van der Waals surface area contributed by atoms with E-state index in [1.165, 1.54) is 5.56 Å². The van der Waals surface area contributed by atoms with Crippen LogP contribution < -0.4 is 0 Å². The first kappa shape index (κ1) is 13.0. The summed E-state index contributed by atoms with van der Waals surface area (Å²) in [7, 11) is 0. The molecule has 0 bridgehead atoms. The van der Waals surface area contributed by atoms with Crippen molar-refractivity contribution in [2.24, 2.45) is 0 Å². The molecular formula is C7H11NaO2S2. The Balaban J connectivity index is 0.00000121. The minimum atomic E-state index is 0. The molecule has 1 aromatic rings. The second-order valence-corrected chi connectivity index (χ2v) is 3.26. The molecule has 0 N–H and O–H groups in total. The van der Waals surface area contributed by atoms with Crippen LogP contribution in [0.4, 0.5) is 0 Å². The molecule has 0 unspecified atom stereocenters. The van der Waals surface area contributed by atoms with Gasteiger partial charge in [-0.05, 0) is 29.3 Å². The zero-order valence-corrected chi connectivity index (χ0v) is 7.91. The summed E-state index contributed by atoms with van der Waals surface area (Å²) in [6.45, 7) is 3.23. The van der Waals surface area contributed by atoms with E-state index in [2.05, 4.69) is 5.38 Å². The number of hydrogen-bond acceptors (Lipinski definition) is 4. The van der Waals surface area contributed by atoms with E-state index in [9.17, 15) is 0 Å². The predicted octanol–water partition coefficient (Wildman–Crippen LogP) is 2.22. The van der Waals surface area contributed by atoms with Crippen LogP contribution in [0.15, 0.2) is 16.8 Å². The van der Waals surface area contributed by atoms with Crippen LogP contribution in [0.5, 0.6) is 0 Å². The van der Waals surface area contributed by atoms with Crippen molar-refractivity contribution in [2.45, 2.75) is 13.5 Å². The molecule has 0 atom stereocenters. The fraction of sp³-hybridized carbons (Fsp3) is 0.429. The van der Waals surface area contributed by atoms with E-state index in [1.54, 1.807) is 11.3 Å². The van der Waals surface area contributed by atoms with Gasteiger partial charge in [-0.25, -0.2) is 0 Å². The van der Waals surface area contributed by atoms with Gasteiger partial charge in [0.1, 0.15) is 0 Å². The van der Waals surface area contributed by atoms with Gasteiger partial charge in [0.15, 0.2) is 12.3 Å². The number of hydrogen-bond donors (Lipinski definition) is 0. The average Bonchev–Trinajstić information content (AvgIpc) is 2.50. The van der Waals surface area contributed by atoms with Crippen LogP contribution >= 0.6 is 23.7 Å². The van der Waals surface area contributed by atoms with Crippen LogP contribution in [-0.4, -0.2) is 36.2 Å². The number of thiophene rings is 1. The first-order valence-electron chi connectivity index (χ1n) is 3.35. The second-order valence-electron chi connectivity index (χ2n) is 1.87. The van der Waals surface area contributed by atoms with Crippen LogP contribution in [0.2, 0.25) is 0 Å². The molecule has 5 heteroatoms. The summed E-state index contributed by atoms with van der Waals surface area (Å²) in [5, 5.41) is 4.09. The molecule has 0 radical (unpaired) electrons. The van der Waals surface area contributed by atoms with E-state index < -0.39 is 0 Å². The third-order valence-corrected chi connectivity index (χ3v) is 2.30. The van der Waals surface area contributed by atoms with Crippen molar-refractivity contribution < 1.29 is 8.37 Å². The second kappa shape index (κ2) is 8.56. The minimum absolute atomic E-state index is 0. The topological polar surface area (TPSA) is 18.5 Å². The SMILES string of the molecule is CCOSOCc1ccsc1.[NaH]. The van der Waals surface area contributed by atoms with Crippen molar-refractivity contribution >= 4 is 53.2 Å². The average molecular weight is 214 g/mol. The Morgan fingerprint density at radius 1 is 1.50 bits per heavy atom. The molecule has 0 aromatic carbocycles.